The molecule has 6 nitrogen and oxygen atoms in total. The fourth-order valence-corrected chi connectivity index (χ4v) is 2.53. The largest absolute Gasteiger partial charge is 0.496 e. The van der Waals surface area contributed by atoms with Crippen LogP contribution in [0.4, 0.5) is 5.82 Å². The molecular formula is C20H29N5O. The third-order valence-electron chi connectivity index (χ3n) is 3.87. The second-order valence-electron chi connectivity index (χ2n) is 6.07. The predicted octanol–water partition coefficient (Wildman–Crippen LogP) is 2.45. The Balaban J connectivity index is 1.95. The van der Waals surface area contributed by atoms with Crippen LogP contribution >= 0.6 is 0 Å². The summed E-state index contributed by atoms with van der Waals surface area (Å²) in [5.41, 5.74) is 2.12. The van der Waals surface area contributed by atoms with Crippen molar-refractivity contribution < 1.29 is 4.74 Å². The molecule has 1 aromatic carbocycles. The Kier molecular flexibility index (Phi) is 7.74. The van der Waals surface area contributed by atoms with E-state index in [0.717, 1.165) is 42.7 Å². The second-order valence-corrected chi connectivity index (χ2v) is 6.07. The number of benzene rings is 1. The van der Waals surface area contributed by atoms with Gasteiger partial charge in [0.05, 0.1) is 19.3 Å². The molecule has 0 saturated heterocycles. The second kappa shape index (κ2) is 10.3. The van der Waals surface area contributed by atoms with Crippen LogP contribution in [0.2, 0.25) is 0 Å². The first-order chi connectivity index (χ1) is 12.6. The number of aliphatic imine (C=N–C) groups is 1. The third-order valence-corrected chi connectivity index (χ3v) is 3.87. The molecule has 0 atom stereocenters. The van der Waals surface area contributed by atoms with E-state index in [1.54, 1.807) is 7.11 Å². The molecule has 2 N–H and O–H groups in total. The van der Waals surface area contributed by atoms with E-state index >= 15 is 0 Å². The summed E-state index contributed by atoms with van der Waals surface area (Å²) >= 11 is 0. The Labute approximate surface area is 156 Å². The lowest BCUT2D eigenvalue weighted by molar-refractivity contribution is 0.409. The lowest BCUT2D eigenvalue weighted by atomic mass is 10.1. The Morgan fingerprint density at radius 1 is 1.12 bits per heavy atom. The number of rotatable bonds is 8. The average Bonchev–Trinajstić information content (AvgIpc) is 2.66. The van der Waals surface area contributed by atoms with Crippen molar-refractivity contribution in [2.45, 2.75) is 19.9 Å². The van der Waals surface area contributed by atoms with Gasteiger partial charge in [-0.2, -0.15) is 0 Å². The van der Waals surface area contributed by atoms with Crippen molar-refractivity contribution in [3.8, 4) is 5.75 Å². The van der Waals surface area contributed by atoms with E-state index in [9.17, 15) is 0 Å². The highest BCUT2D eigenvalue weighted by molar-refractivity contribution is 5.79. The first-order valence-corrected chi connectivity index (χ1v) is 8.91. The van der Waals surface area contributed by atoms with E-state index in [1.165, 1.54) is 5.56 Å². The van der Waals surface area contributed by atoms with Crippen molar-refractivity contribution >= 4 is 11.8 Å². The lowest BCUT2D eigenvalue weighted by Crippen LogP contribution is -2.38. The normalized spacial score (nSPS) is 11.2. The molecule has 0 aliphatic carbocycles. The fraction of sp³-hybridized carbons (Fsp3) is 0.400. The van der Waals surface area contributed by atoms with E-state index in [0.29, 0.717) is 6.54 Å². The molecule has 0 aliphatic heterocycles. The van der Waals surface area contributed by atoms with Crippen molar-refractivity contribution in [1.82, 2.24) is 15.6 Å². The number of ether oxygens (including phenoxy) is 1. The molecule has 0 aliphatic rings. The molecule has 140 valence electrons. The third kappa shape index (κ3) is 5.95. The standard InChI is InChI=1S/C20H29N5O/c1-5-21-20(22-14-13-16-9-6-7-11-18(16)26-4)23-15-17-10-8-12-19(24-17)25(2)3/h6-12H,5,13-15H2,1-4H3,(H2,21,22,23). The van der Waals surface area contributed by atoms with E-state index in [4.69, 9.17) is 4.74 Å². The molecular weight excluding hydrogens is 326 g/mol. The summed E-state index contributed by atoms with van der Waals surface area (Å²) < 4.78 is 5.40. The molecule has 0 radical (unpaired) electrons. The zero-order chi connectivity index (χ0) is 18.8. The van der Waals surface area contributed by atoms with Crippen molar-refractivity contribution in [3.63, 3.8) is 0 Å². The van der Waals surface area contributed by atoms with Gasteiger partial charge in [-0.05, 0) is 37.1 Å². The zero-order valence-corrected chi connectivity index (χ0v) is 16.1. The number of aromatic nitrogens is 1. The minimum absolute atomic E-state index is 0.533. The molecule has 1 aromatic heterocycles. The average molecular weight is 355 g/mol. The van der Waals surface area contributed by atoms with Crippen LogP contribution in [-0.4, -0.2) is 45.2 Å². The van der Waals surface area contributed by atoms with E-state index < -0.39 is 0 Å². The van der Waals surface area contributed by atoms with Crippen LogP contribution in [0, 0.1) is 0 Å². The number of hydrogen-bond acceptors (Lipinski definition) is 4. The summed E-state index contributed by atoms with van der Waals surface area (Å²) in [7, 11) is 5.67. The fourth-order valence-electron chi connectivity index (χ4n) is 2.53. The number of hydrogen-bond donors (Lipinski definition) is 2. The minimum Gasteiger partial charge on any atom is -0.496 e. The number of nitrogens with one attached hydrogen (secondary N) is 2. The number of nitrogens with zero attached hydrogens (tertiary/aromatic N) is 3. The lowest BCUT2D eigenvalue weighted by Gasteiger charge is -2.13. The quantitative estimate of drug-likeness (QED) is 0.563. The molecule has 2 aromatic rings. The van der Waals surface area contributed by atoms with Gasteiger partial charge in [-0.1, -0.05) is 24.3 Å². The monoisotopic (exact) mass is 355 g/mol. The van der Waals surface area contributed by atoms with Gasteiger partial charge in [-0.3, -0.25) is 0 Å². The minimum atomic E-state index is 0.533. The van der Waals surface area contributed by atoms with Gasteiger partial charge in [0.1, 0.15) is 11.6 Å². The first-order valence-electron chi connectivity index (χ1n) is 8.91. The SMILES string of the molecule is CCNC(=NCc1cccc(N(C)C)n1)NCCc1ccccc1OC. The maximum Gasteiger partial charge on any atom is 0.191 e. The molecule has 0 saturated carbocycles. The van der Waals surface area contributed by atoms with Crippen LogP contribution in [-0.2, 0) is 13.0 Å². The molecule has 0 spiro atoms. The Hall–Kier alpha value is -2.76. The Morgan fingerprint density at radius 3 is 2.65 bits per heavy atom. The van der Waals surface area contributed by atoms with Gasteiger partial charge in [0.15, 0.2) is 5.96 Å². The summed E-state index contributed by atoms with van der Waals surface area (Å²) in [5, 5.41) is 6.65. The molecule has 2 rings (SSSR count). The molecule has 6 heteroatoms. The number of pyridine rings is 1. The number of para-hydroxylation sites is 1. The van der Waals surface area contributed by atoms with E-state index in [1.807, 2.05) is 55.4 Å². The highest BCUT2D eigenvalue weighted by atomic mass is 16.5. The van der Waals surface area contributed by atoms with Crippen molar-refractivity contribution in [2.24, 2.45) is 4.99 Å². The summed E-state index contributed by atoms with van der Waals surface area (Å²) in [6.45, 7) is 4.18. The van der Waals surface area contributed by atoms with Crippen LogP contribution in [0.15, 0.2) is 47.5 Å². The molecule has 1 heterocycles. The van der Waals surface area contributed by atoms with Crippen LogP contribution in [0.25, 0.3) is 0 Å². The van der Waals surface area contributed by atoms with Crippen LogP contribution in [0.1, 0.15) is 18.2 Å². The molecule has 0 fully saturated rings. The van der Waals surface area contributed by atoms with Gasteiger partial charge in [0, 0.05) is 27.2 Å². The smallest absolute Gasteiger partial charge is 0.191 e. The highest BCUT2D eigenvalue weighted by Crippen LogP contribution is 2.17. The van der Waals surface area contributed by atoms with Crippen LogP contribution in [0.5, 0.6) is 5.75 Å². The summed E-state index contributed by atoms with van der Waals surface area (Å²) in [4.78, 5) is 11.2. The van der Waals surface area contributed by atoms with Gasteiger partial charge < -0.3 is 20.3 Å². The van der Waals surface area contributed by atoms with Gasteiger partial charge in [0.2, 0.25) is 0 Å². The summed E-state index contributed by atoms with van der Waals surface area (Å²) in [6, 6.07) is 14.1. The number of methoxy groups -OCH3 is 1. The van der Waals surface area contributed by atoms with E-state index in [2.05, 4.69) is 33.6 Å². The first kappa shape index (κ1) is 19.6. The van der Waals surface area contributed by atoms with Gasteiger partial charge in [-0.25, -0.2) is 9.98 Å². The molecule has 0 bridgehead atoms. The van der Waals surface area contributed by atoms with Crippen LogP contribution in [0.3, 0.4) is 0 Å². The number of anilines is 1. The van der Waals surface area contributed by atoms with Crippen molar-refractivity contribution in [2.75, 3.05) is 39.2 Å². The van der Waals surface area contributed by atoms with Crippen molar-refractivity contribution in [1.29, 1.82) is 0 Å². The zero-order valence-electron chi connectivity index (χ0n) is 16.1. The maximum absolute atomic E-state index is 5.40. The number of guanidine groups is 1. The Morgan fingerprint density at radius 2 is 1.92 bits per heavy atom. The highest BCUT2D eigenvalue weighted by Gasteiger charge is 2.04. The van der Waals surface area contributed by atoms with Crippen molar-refractivity contribution in [3.05, 3.63) is 53.7 Å². The molecule has 0 amide bonds. The summed E-state index contributed by atoms with van der Waals surface area (Å²) in [6.07, 6.45) is 0.864. The summed E-state index contributed by atoms with van der Waals surface area (Å²) in [5.74, 6) is 2.65. The Bertz CT molecular complexity index is 715. The van der Waals surface area contributed by atoms with Gasteiger partial charge in [-0.15, -0.1) is 0 Å². The molecule has 0 unspecified atom stereocenters. The van der Waals surface area contributed by atoms with Crippen LogP contribution < -0.4 is 20.3 Å². The van der Waals surface area contributed by atoms with Gasteiger partial charge >= 0.3 is 0 Å². The molecule has 26 heavy (non-hydrogen) atoms. The van der Waals surface area contributed by atoms with Gasteiger partial charge in [0.25, 0.3) is 0 Å². The maximum atomic E-state index is 5.40. The topological polar surface area (TPSA) is 61.8 Å². The van der Waals surface area contributed by atoms with E-state index in [-0.39, 0.29) is 0 Å². The predicted molar refractivity (Wildman–Crippen MR) is 108 cm³/mol.